The molecule has 1 heterocycles. The first-order chi connectivity index (χ1) is 17.6. The zero-order valence-corrected chi connectivity index (χ0v) is 23.1. The van der Waals surface area contributed by atoms with Crippen LogP contribution in [0.3, 0.4) is 0 Å². The number of hydrogen-bond acceptors (Lipinski definition) is 9. The SMILES string of the molecule is CCc1nc(C(N)=O)c(Nc2cccc(CCNC(=O)C(C)(O)NC(=O)OC(C)(C)C)c2)nc1NC(C)C. The number of hydrogen-bond donors (Lipinski definition) is 6. The normalized spacial score (nSPS) is 12.9. The van der Waals surface area contributed by atoms with Crippen molar-refractivity contribution in [3.8, 4) is 0 Å². The number of anilines is 3. The Morgan fingerprint density at radius 2 is 1.79 bits per heavy atom. The number of nitrogens with one attached hydrogen (secondary N) is 4. The van der Waals surface area contributed by atoms with Crippen LogP contribution in [0, 0.1) is 0 Å². The Morgan fingerprint density at radius 3 is 2.37 bits per heavy atom. The molecule has 0 bridgehead atoms. The number of primary amides is 1. The molecule has 0 radical (unpaired) electrons. The van der Waals surface area contributed by atoms with Crippen LogP contribution >= 0.6 is 0 Å². The molecule has 2 rings (SSSR count). The molecule has 0 aliphatic heterocycles. The minimum Gasteiger partial charge on any atom is -0.444 e. The summed E-state index contributed by atoms with van der Waals surface area (Å²) in [5, 5.41) is 21.5. The number of aryl methyl sites for hydroxylation is 1. The highest BCUT2D eigenvalue weighted by molar-refractivity contribution is 5.96. The van der Waals surface area contributed by atoms with E-state index in [0.717, 1.165) is 5.56 Å². The van der Waals surface area contributed by atoms with E-state index in [1.807, 2.05) is 39.0 Å². The highest BCUT2D eigenvalue weighted by atomic mass is 16.6. The maximum Gasteiger partial charge on any atom is 0.410 e. The lowest BCUT2D eigenvalue weighted by molar-refractivity contribution is -0.141. The second-order valence-electron chi connectivity index (χ2n) is 10.3. The molecule has 12 heteroatoms. The minimum absolute atomic E-state index is 0.0357. The summed E-state index contributed by atoms with van der Waals surface area (Å²) in [6.07, 6.45) is 0.0884. The molecule has 38 heavy (non-hydrogen) atoms. The third kappa shape index (κ3) is 9.18. The molecule has 208 valence electrons. The summed E-state index contributed by atoms with van der Waals surface area (Å²) in [5.41, 5.74) is 4.81. The van der Waals surface area contributed by atoms with E-state index in [2.05, 4.69) is 31.2 Å². The van der Waals surface area contributed by atoms with E-state index in [1.165, 1.54) is 6.92 Å². The van der Waals surface area contributed by atoms with E-state index in [-0.39, 0.29) is 24.1 Å². The first-order valence-corrected chi connectivity index (χ1v) is 12.5. The molecule has 1 atom stereocenters. The first-order valence-electron chi connectivity index (χ1n) is 12.5. The van der Waals surface area contributed by atoms with Crippen LogP contribution in [0.2, 0.25) is 0 Å². The maximum absolute atomic E-state index is 12.4. The third-order valence-corrected chi connectivity index (χ3v) is 5.04. The lowest BCUT2D eigenvalue weighted by Gasteiger charge is -2.26. The molecule has 7 N–H and O–H groups in total. The fourth-order valence-corrected chi connectivity index (χ4v) is 3.36. The topological polar surface area (TPSA) is 181 Å². The Kier molecular flexibility index (Phi) is 10.0. The van der Waals surface area contributed by atoms with Crippen molar-refractivity contribution in [1.82, 2.24) is 20.6 Å². The molecule has 1 aromatic heterocycles. The lowest BCUT2D eigenvalue weighted by atomic mass is 10.1. The van der Waals surface area contributed by atoms with Gasteiger partial charge in [-0.1, -0.05) is 19.1 Å². The van der Waals surface area contributed by atoms with Crippen molar-refractivity contribution in [3.05, 3.63) is 41.2 Å². The van der Waals surface area contributed by atoms with Gasteiger partial charge < -0.3 is 31.5 Å². The van der Waals surface area contributed by atoms with Crippen molar-refractivity contribution in [2.75, 3.05) is 17.2 Å². The molecule has 0 aliphatic rings. The summed E-state index contributed by atoms with van der Waals surface area (Å²) in [4.78, 5) is 45.4. The molecule has 0 saturated heterocycles. The van der Waals surface area contributed by atoms with Crippen molar-refractivity contribution in [1.29, 1.82) is 0 Å². The number of aliphatic hydroxyl groups is 1. The Morgan fingerprint density at radius 1 is 1.11 bits per heavy atom. The zero-order chi connectivity index (χ0) is 28.7. The fraction of sp³-hybridized carbons (Fsp3) is 0.500. The molecular formula is C26H39N7O5. The summed E-state index contributed by atoms with van der Waals surface area (Å²) in [6, 6.07) is 7.42. The van der Waals surface area contributed by atoms with Gasteiger partial charge in [0.2, 0.25) is 5.72 Å². The number of nitrogens with two attached hydrogens (primary N) is 1. The van der Waals surface area contributed by atoms with Crippen LogP contribution in [0.15, 0.2) is 24.3 Å². The van der Waals surface area contributed by atoms with Crippen molar-refractivity contribution < 1.29 is 24.2 Å². The highest BCUT2D eigenvalue weighted by Crippen LogP contribution is 2.23. The monoisotopic (exact) mass is 529 g/mol. The van der Waals surface area contributed by atoms with Crippen molar-refractivity contribution in [2.45, 2.75) is 78.7 Å². The molecule has 0 aliphatic carbocycles. The quantitative estimate of drug-likeness (QED) is 0.238. The van der Waals surface area contributed by atoms with Gasteiger partial charge in [0.15, 0.2) is 11.5 Å². The van der Waals surface area contributed by atoms with Gasteiger partial charge in [-0.15, -0.1) is 0 Å². The second kappa shape index (κ2) is 12.5. The molecule has 0 fully saturated rings. The van der Waals surface area contributed by atoms with Crippen LogP contribution in [-0.4, -0.2) is 56.9 Å². The summed E-state index contributed by atoms with van der Waals surface area (Å²) < 4.78 is 5.08. The number of ether oxygens (including phenoxy) is 1. The number of amides is 3. The number of carbonyl (C=O) groups excluding carboxylic acids is 3. The summed E-state index contributed by atoms with van der Waals surface area (Å²) in [7, 11) is 0. The van der Waals surface area contributed by atoms with Gasteiger partial charge in [-0.25, -0.2) is 14.8 Å². The van der Waals surface area contributed by atoms with Gasteiger partial charge in [0.25, 0.3) is 11.8 Å². The van der Waals surface area contributed by atoms with E-state index in [4.69, 9.17) is 10.5 Å². The molecular weight excluding hydrogens is 490 g/mol. The summed E-state index contributed by atoms with van der Waals surface area (Å²) in [5.74, 6) is -0.676. The number of carbonyl (C=O) groups is 3. The predicted molar refractivity (Wildman–Crippen MR) is 145 cm³/mol. The first kappa shape index (κ1) is 30.3. The van der Waals surface area contributed by atoms with Crippen LogP contribution in [0.1, 0.15) is 70.2 Å². The maximum atomic E-state index is 12.4. The molecule has 0 saturated carbocycles. The van der Waals surface area contributed by atoms with Crippen molar-refractivity contribution in [3.63, 3.8) is 0 Å². The summed E-state index contributed by atoms with van der Waals surface area (Å²) >= 11 is 0. The van der Waals surface area contributed by atoms with E-state index in [0.29, 0.717) is 30.0 Å². The van der Waals surface area contributed by atoms with E-state index >= 15 is 0 Å². The van der Waals surface area contributed by atoms with Crippen molar-refractivity contribution in [2.24, 2.45) is 5.73 Å². The number of alkyl carbamates (subject to hydrolysis) is 1. The third-order valence-electron chi connectivity index (χ3n) is 5.04. The van der Waals surface area contributed by atoms with Gasteiger partial charge in [-0.2, -0.15) is 0 Å². The van der Waals surface area contributed by atoms with Gasteiger partial charge in [0, 0.05) is 18.3 Å². The average Bonchev–Trinajstić information content (AvgIpc) is 2.77. The van der Waals surface area contributed by atoms with Crippen molar-refractivity contribution >= 4 is 35.2 Å². The number of aromatic nitrogens is 2. The predicted octanol–water partition coefficient (Wildman–Crippen LogP) is 2.59. The van der Waals surface area contributed by atoms with Crippen LogP contribution < -0.4 is 27.0 Å². The van der Waals surface area contributed by atoms with E-state index in [9.17, 15) is 19.5 Å². The number of nitrogens with zero attached hydrogens (tertiary/aromatic N) is 2. The van der Waals surface area contributed by atoms with Crippen LogP contribution in [-0.2, 0) is 22.4 Å². The van der Waals surface area contributed by atoms with Gasteiger partial charge in [0.1, 0.15) is 11.4 Å². The molecule has 1 aromatic carbocycles. The Labute approximate surface area is 223 Å². The smallest absolute Gasteiger partial charge is 0.410 e. The lowest BCUT2D eigenvalue weighted by Crippen LogP contribution is -2.57. The molecule has 0 spiro atoms. The van der Waals surface area contributed by atoms with Gasteiger partial charge in [-0.05, 0) is 72.1 Å². The molecule has 3 amide bonds. The van der Waals surface area contributed by atoms with Gasteiger partial charge in [-0.3, -0.25) is 14.9 Å². The van der Waals surface area contributed by atoms with Gasteiger partial charge in [0.05, 0.1) is 5.69 Å². The zero-order valence-electron chi connectivity index (χ0n) is 23.1. The van der Waals surface area contributed by atoms with E-state index in [1.54, 1.807) is 26.8 Å². The largest absolute Gasteiger partial charge is 0.444 e. The number of rotatable bonds is 11. The average molecular weight is 530 g/mol. The van der Waals surface area contributed by atoms with Crippen LogP contribution in [0.25, 0.3) is 0 Å². The Hall–Kier alpha value is -3.93. The number of benzene rings is 1. The van der Waals surface area contributed by atoms with Gasteiger partial charge >= 0.3 is 6.09 Å². The molecule has 2 aromatic rings. The van der Waals surface area contributed by atoms with E-state index < -0.39 is 29.2 Å². The Bertz CT molecular complexity index is 1160. The van der Waals surface area contributed by atoms with Crippen LogP contribution in [0.4, 0.5) is 22.1 Å². The standard InChI is InChI=1S/C26H39N7O5/c1-8-18-21(29-15(2)3)32-22(19(31-18)20(27)34)30-17-11-9-10-16(14-17)12-13-28-23(35)26(7,37)33-24(36)38-25(4,5)6/h9-11,14-15,37H,8,12-13H2,1-7H3,(H2,27,34)(H,28,35)(H,33,36)(H2,29,30,32). The summed E-state index contributed by atoms with van der Waals surface area (Å²) in [6.45, 7) is 12.3. The highest BCUT2D eigenvalue weighted by Gasteiger charge is 2.33. The van der Waals surface area contributed by atoms with Crippen LogP contribution in [0.5, 0.6) is 0 Å². The Balaban J connectivity index is 2.09. The minimum atomic E-state index is -2.15. The molecule has 1 unspecified atom stereocenters. The molecule has 12 nitrogen and oxygen atoms in total. The fourth-order valence-electron chi connectivity index (χ4n) is 3.36. The second-order valence-corrected chi connectivity index (χ2v) is 10.3.